The predicted octanol–water partition coefficient (Wildman–Crippen LogP) is 4.35. The summed E-state index contributed by atoms with van der Waals surface area (Å²) in [5, 5.41) is 1.74. The molecule has 0 spiro atoms. The molecule has 3 atom stereocenters. The number of hydroxylamine groups is 1. The van der Waals surface area contributed by atoms with Crippen molar-refractivity contribution in [2.24, 2.45) is 5.92 Å². The number of para-hydroxylation sites is 1. The highest BCUT2D eigenvalue weighted by Gasteiger charge is 2.60. The third-order valence-corrected chi connectivity index (χ3v) is 5.89. The molecule has 2 aliphatic heterocycles. The second-order valence-corrected chi connectivity index (χ2v) is 7.87. The van der Waals surface area contributed by atoms with Crippen molar-refractivity contribution in [2.75, 3.05) is 9.96 Å². The number of fused-ring (bicyclic) bond motifs is 1. The summed E-state index contributed by atoms with van der Waals surface area (Å²) >= 11 is 0. The van der Waals surface area contributed by atoms with Crippen molar-refractivity contribution < 1.29 is 14.4 Å². The van der Waals surface area contributed by atoms with Gasteiger partial charge in [-0.2, -0.15) is 0 Å². The highest BCUT2D eigenvalue weighted by atomic mass is 16.7. The predicted molar refractivity (Wildman–Crippen MR) is 115 cm³/mol. The zero-order chi connectivity index (χ0) is 20.8. The topological polar surface area (TPSA) is 49.9 Å². The minimum Gasteiger partial charge on any atom is -0.273 e. The Morgan fingerprint density at radius 3 is 2.20 bits per heavy atom. The fourth-order valence-electron chi connectivity index (χ4n) is 4.47. The van der Waals surface area contributed by atoms with Crippen LogP contribution < -0.4 is 9.96 Å². The molecule has 5 rings (SSSR count). The van der Waals surface area contributed by atoms with E-state index in [2.05, 4.69) is 0 Å². The first-order chi connectivity index (χ1) is 14.6. The van der Waals surface area contributed by atoms with Gasteiger partial charge in [-0.15, -0.1) is 0 Å². The Morgan fingerprint density at radius 1 is 0.767 bits per heavy atom. The van der Waals surface area contributed by atoms with Gasteiger partial charge in [0, 0.05) is 0 Å². The number of carbonyl (C=O) groups excluding carboxylic acids is 2. The number of hydrogen-bond donors (Lipinski definition) is 0. The minimum atomic E-state index is -0.845. The third kappa shape index (κ3) is 2.82. The van der Waals surface area contributed by atoms with Crippen LogP contribution in [0.3, 0.4) is 0 Å². The molecule has 2 aliphatic rings. The van der Waals surface area contributed by atoms with Gasteiger partial charge in [-0.3, -0.25) is 14.4 Å². The van der Waals surface area contributed by atoms with Crippen LogP contribution in [-0.2, 0) is 14.4 Å². The lowest BCUT2D eigenvalue weighted by Gasteiger charge is -2.29. The van der Waals surface area contributed by atoms with Crippen molar-refractivity contribution in [3.8, 4) is 0 Å². The number of anilines is 2. The van der Waals surface area contributed by atoms with E-state index in [1.54, 1.807) is 11.1 Å². The summed E-state index contributed by atoms with van der Waals surface area (Å²) in [6.07, 6.45) is -0.845. The lowest BCUT2D eigenvalue weighted by molar-refractivity contribution is -0.126. The summed E-state index contributed by atoms with van der Waals surface area (Å²) < 4.78 is 0. The van der Waals surface area contributed by atoms with Gasteiger partial charge in [-0.25, -0.2) is 9.96 Å². The van der Waals surface area contributed by atoms with Crippen LogP contribution in [0.4, 0.5) is 11.4 Å². The van der Waals surface area contributed by atoms with Gasteiger partial charge in [0.1, 0.15) is 5.92 Å². The van der Waals surface area contributed by atoms with E-state index in [-0.39, 0.29) is 17.9 Å². The number of aryl methyl sites for hydroxylation is 2. The number of rotatable bonds is 3. The second-order valence-electron chi connectivity index (χ2n) is 7.87. The lowest BCUT2D eigenvalue weighted by atomic mass is 9.88. The summed E-state index contributed by atoms with van der Waals surface area (Å²) in [6.45, 7) is 3.96. The van der Waals surface area contributed by atoms with Gasteiger partial charge >= 0.3 is 0 Å². The molecule has 0 saturated carbocycles. The molecule has 0 unspecified atom stereocenters. The van der Waals surface area contributed by atoms with Gasteiger partial charge < -0.3 is 0 Å². The Morgan fingerprint density at radius 2 is 1.47 bits per heavy atom. The van der Waals surface area contributed by atoms with Gasteiger partial charge in [-0.1, -0.05) is 54.6 Å². The van der Waals surface area contributed by atoms with Crippen LogP contribution in [0, 0.1) is 19.8 Å². The van der Waals surface area contributed by atoms with Gasteiger partial charge in [0.15, 0.2) is 6.10 Å². The van der Waals surface area contributed by atoms with Crippen molar-refractivity contribution in [1.29, 1.82) is 0 Å². The van der Waals surface area contributed by atoms with Crippen LogP contribution in [0.5, 0.6) is 0 Å². The van der Waals surface area contributed by atoms with E-state index < -0.39 is 12.0 Å². The van der Waals surface area contributed by atoms with Crippen molar-refractivity contribution in [2.45, 2.75) is 26.0 Å². The number of benzene rings is 3. The van der Waals surface area contributed by atoms with Crippen molar-refractivity contribution in [1.82, 2.24) is 0 Å². The monoisotopic (exact) mass is 398 g/mol. The Kier molecular flexibility index (Phi) is 4.40. The molecule has 0 bridgehead atoms. The summed E-state index contributed by atoms with van der Waals surface area (Å²) in [5.41, 5.74) is 4.45. The van der Waals surface area contributed by atoms with Gasteiger partial charge in [0.2, 0.25) is 5.91 Å². The maximum absolute atomic E-state index is 13.6. The number of imide groups is 1. The fourth-order valence-corrected chi connectivity index (χ4v) is 4.47. The van der Waals surface area contributed by atoms with E-state index in [4.69, 9.17) is 4.84 Å². The SMILES string of the molecule is Cc1cccc(N2C(=O)[C@H]3[C@H](ON(c4ccccc4)[C@H]3c3ccccc3C)C2=O)c1. The molecule has 0 aromatic heterocycles. The Bertz CT molecular complexity index is 1130. The van der Waals surface area contributed by atoms with Crippen LogP contribution in [0.15, 0.2) is 78.9 Å². The minimum absolute atomic E-state index is 0.220. The van der Waals surface area contributed by atoms with Crippen LogP contribution in [0.1, 0.15) is 22.7 Å². The van der Waals surface area contributed by atoms with E-state index in [0.717, 1.165) is 22.4 Å². The molecule has 3 aromatic rings. The maximum Gasteiger partial charge on any atom is 0.266 e. The largest absolute Gasteiger partial charge is 0.273 e. The van der Waals surface area contributed by atoms with E-state index in [9.17, 15) is 9.59 Å². The van der Waals surface area contributed by atoms with Gasteiger partial charge in [0.05, 0.1) is 17.4 Å². The number of carbonyl (C=O) groups is 2. The highest BCUT2D eigenvalue weighted by molar-refractivity contribution is 6.24. The van der Waals surface area contributed by atoms with Gasteiger partial charge in [0.25, 0.3) is 5.91 Å². The molecule has 150 valence electrons. The number of nitrogens with zero attached hydrogens (tertiary/aromatic N) is 2. The van der Waals surface area contributed by atoms with Crippen molar-refractivity contribution in [3.05, 3.63) is 95.6 Å². The molecular formula is C25H22N2O3. The molecule has 2 saturated heterocycles. The molecule has 0 radical (unpaired) electrons. The summed E-state index contributed by atoms with van der Waals surface area (Å²) in [7, 11) is 0. The first-order valence-electron chi connectivity index (χ1n) is 10.1. The first kappa shape index (κ1) is 18.6. The van der Waals surface area contributed by atoms with E-state index in [0.29, 0.717) is 5.69 Å². The zero-order valence-corrected chi connectivity index (χ0v) is 16.9. The molecule has 5 nitrogen and oxygen atoms in total. The molecule has 3 aromatic carbocycles. The van der Waals surface area contributed by atoms with Crippen molar-refractivity contribution in [3.63, 3.8) is 0 Å². The van der Waals surface area contributed by atoms with Crippen LogP contribution in [0.25, 0.3) is 0 Å². The van der Waals surface area contributed by atoms with E-state index in [1.807, 2.05) is 86.6 Å². The van der Waals surface area contributed by atoms with Gasteiger partial charge in [-0.05, 0) is 54.8 Å². The molecule has 2 heterocycles. The Hall–Kier alpha value is -3.44. The standard InChI is InChI=1S/C25H22N2O3/c1-16-9-8-13-19(15-16)26-24(28)21-22(20-14-7-6-10-17(20)2)27(30-23(21)25(26)29)18-11-4-3-5-12-18/h3-15,21-23H,1-2H3/t21-,22+,23+/m1/s1. The highest BCUT2D eigenvalue weighted by Crippen LogP contribution is 2.48. The van der Waals surface area contributed by atoms with Crippen LogP contribution in [0.2, 0.25) is 0 Å². The quantitative estimate of drug-likeness (QED) is 0.616. The average molecular weight is 398 g/mol. The third-order valence-electron chi connectivity index (χ3n) is 5.89. The fraction of sp³-hybridized carbons (Fsp3) is 0.200. The summed E-state index contributed by atoms with van der Waals surface area (Å²) in [6, 6.07) is 24.7. The molecule has 0 aliphatic carbocycles. The summed E-state index contributed by atoms with van der Waals surface area (Å²) in [5.74, 6) is -1.14. The smallest absolute Gasteiger partial charge is 0.266 e. The van der Waals surface area contributed by atoms with Crippen LogP contribution in [-0.4, -0.2) is 17.9 Å². The normalized spacial score (nSPS) is 23.2. The molecular weight excluding hydrogens is 376 g/mol. The number of amides is 2. The Labute approximate surface area is 175 Å². The molecule has 2 fully saturated rings. The van der Waals surface area contributed by atoms with E-state index >= 15 is 0 Å². The summed E-state index contributed by atoms with van der Waals surface area (Å²) in [4.78, 5) is 34.3. The zero-order valence-electron chi connectivity index (χ0n) is 16.9. The average Bonchev–Trinajstić information content (AvgIpc) is 3.25. The maximum atomic E-state index is 13.6. The number of hydrogen-bond acceptors (Lipinski definition) is 4. The van der Waals surface area contributed by atoms with Crippen LogP contribution >= 0.6 is 0 Å². The van der Waals surface area contributed by atoms with E-state index in [1.165, 1.54) is 4.90 Å². The lowest BCUT2D eigenvalue weighted by Crippen LogP contribution is -2.37. The molecule has 0 N–H and O–H groups in total. The molecule has 5 heteroatoms. The first-order valence-corrected chi connectivity index (χ1v) is 10.1. The molecule has 2 amide bonds. The van der Waals surface area contributed by atoms with Crippen molar-refractivity contribution >= 4 is 23.2 Å². The Balaban J connectivity index is 1.61. The molecule has 30 heavy (non-hydrogen) atoms. The second kappa shape index (κ2) is 7.11.